The minimum absolute atomic E-state index is 0.279. The second kappa shape index (κ2) is 3.16. The highest BCUT2D eigenvalue weighted by Crippen LogP contribution is 2.40. The largest absolute Gasteiger partial charge is 0.484 e. The molecule has 0 spiro atoms. The molecule has 0 unspecified atom stereocenters. The molecule has 0 saturated heterocycles. The Hall–Kier alpha value is -1.69. The van der Waals surface area contributed by atoms with Gasteiger partial charge in [-0.15, -0.1) is 0 Å². The quantitative estimate of drug-likeness (QED) is 0.650. The van der Waals surface area contributed by atoms with E-state index in [9.17, 15) is 0 Å². The predicted octanol–water partition coefficient (Wildman–Crippen LogP) is 2.36. The van der Waals surface area contributed by atoms with Gasteiger partial charge in [0.1, 0.15) is 12.7 Å². The van der Waals surface area contributed by atoms with Crippen LogP contribution in [0.5, 0.6) is 11.5 Å². The average molecular weight is 203 g/mol. The monoisotopic (exact) mass is 203 g/mol. The molecular weight excluding hydrogens is 190 g/mol. The molecule has 1 aromatic carbocycles. The standard InChI is InChI=1S/C12H13NO2/c1-8-4-5-9(2)11-10(8)14-7-12(3,6-13)15-11/h4-5H,7H2,1-3H3/t12-/m1/s1. The summed E-state index contributed by atoms with van der Waals surface area (Å²) in [7, 11) is 0. The molecule has 2 rings (SSSR count). The van der Waals surface area contributed by atoms with Gasteiger partial charge in [-0.25, -0.2) is 0 Å². The zero-order chi connectivity index (χ0) is 11.1. The van der Waals surface area contributed by atoms with Crippen LogP contribution in [0.25, 0.3) is 0 Å². The number of fused-ring (bicyclic) bond motifs is 1. The molecule has 1 aliphatic rings. The molecule has 1 heterocycles. The fraction of sp³-hybridized carbons (Fsp3) is 0.417. The molecular formula is C12H13NO2. The molecule has 0 saturated carbocycles. The maximum absolute atomic E-state index is 8.98. The maximum Gasteiger partial charge on any atom is 0.225 e. The van der Waals surface area contributed by atoms with Gasteiger partial charge in [-0.2, -0.15) is 5.26 Å². The highest BCUT2D eigenvalue weighted by atomic mass is 16.6. The molecule has 1 aromatic rings. The molecule has 0 aromatic heterocycles. The van der Waals surface area contributed by atoms with E-state index in [2.05, 4.69) is 6.07 Å². The van der Waals surface area contributed by atoms with Crippen LogP contribution in [0, 0.1) is 25.2 Å². The molecule has 1 atom stereocenters. The van der Waals surface area contributed by atoms with Crippen molar-refractivity contribution in [1.82, 2.24) is 0 Å². The number of aryl methyl sites for hydroxylation is 2. The smallest absolute Gasteiger partial charge is 0.225 e. The van der Waals surface area contributed by atoms with E-state index >= 15 is 0 Å². The lowest BCUT2D eigenvalue weighted by Gasteiger charge is -2.31. The van der Waals surface area contributed by atoms with Gasteiger partial charge in [-0.1, -0.05) is 12.1 Å². The van der Waals surface area contributed by atoms with Crippen molar-refractivity contribution < 1.29 is 9.47 Å². The Bertz CT molecular complexity index is 448. The Morgan fingerprint density at radius 3 is 2.47 bits per heavy atom. The Morgan fingerprint density at radius 2 is 1.87 bits per heavy atom. The van der Waals surface area contributed by atoms with Crippen molar-refractivity contribution in [3.8, 4) is 17.6 Å². The van der Waals surface area contributed by atoms with E-state index in [-0.39, 0.29) is 6.61 Å². The van der Waals surface area contributed by atoms with E-state index in [1.807, 2.05) is 26.0 Å². The molecule has 0 aliphatic carbocycles. The van der Waals surface area contributed by atoms with Crippen molar-refractivity contribution in [2.75, 3.05) is 6.61 Å². The van der Waals surface area contributed by atoms with Crippen molar-refractivity contribution in [2.24, 2.45) is 0 Å². The first-order valence-electron chi connectivity index (χ1n) is 4.89. The van der Waals surface area contributed by atoms with Crippen LogP contribution in [0.2, 0.25) is 0 Å². The van der Waals surface area contributed by atoms with E-state index in [1.54, 1.807) is 6.92 Å². The molecule has 0 amide bonds. The summed E-state index contributed by atoms with van der Waals surface area (Å²) in [5, 5.41) is 8.98. The van der Waals surface area contributed by atoms with E-state index < -0.39 is 5.60 Å². The molecule has 3 nitrogen and oxygen atoms in total. The van der Waals surface area contributed by atoms with Crippen molar-refractivity contribution in [3.05, 3.63) is 23.3 Å². The summed E-state index contributed by atoms with van der Waals surface area (Å²) < 4.78 is 11.3. The van der Waals surface area contributed by atoms with Gasteiger partial charge in [0.05, 0.1) is 0 Å². The van der Waals surface area contributed by atoms with Gasteiger partial charge in [0, 0.05) is 0 Å². The second-order valence-corrected chi connectivity index (χ2v) is 4.09. The van der Waals surface area contributed by atoms with E-state index in [1.165, 1.54) is 0 Å². The molecule has 78 valence electrons. The van der Waals surface area contributed by atoms with Gasteiger partial charge in [0.25, 0.3) is 0 Å². The topological polar surface area (TPSA) is 42.2 Å². The number of nitrogens with zero attached hydrogens (tertiary/aromatic N) is 1. The normalized spacial score (nSPS) is 23.3. The second-order valence-electron chi connectivity index (χ2n) is 4.09. The zero-order valence-corrected chi connectivity index (χ0v) is 9.13. The SMILES string of the molecule is Cc1ccc(C)c2c1OC[C@@](C)(C#N)O2. The first-order valence-corrected chi connectivity index (χ1v) is 4.89. The number of ether oxygens (including phenoxy) is 2. The third-order valence-electron chi connectivity index (χ3n) is 2.56. The summed E-state index contributed by atoms with van der Waals surface area (Å²) in [6.07, 6.45) is 0. The first-order chi connectivity index (χ1) is 7.06. The molecule has 0 fully saturated rings. The number of hydrogen-bond donors (Lipinski definition) is 0. The van der Waals surface area contributed by atoms with Gasteiger partial charge in [0.2, 0.25) is 5.60 Å². The van der Waals surface area contributed by atoms with Crippen LogP contribution in [-0.4, -0.2) is 12.2 Å². The lowest BCUT2D eigenvalue weighted by Crippen LogP contribution is -2.40. The Labute approximate surface area is 89.2 Å². The van der Waals surface area contributed by atoms with Crippen LogP contribution >= 0.6 is 0 Å². The van der Waals surface area contributed by atoms with E-state index in [0.717, 1.165) is 16.9 Å². The van der Waals surface area contributed by atoms with Gasteiger partial charge >= 0.3 is 0 Å². The fourth-order valence-electron chi connectivity index (χ4n) is 1.59. The van der Waals surface area contributed by atoms with E-state index in [4.69, 9.17) is 14.7 Å². The van der Waals surface area contributed by atoms with Crippen LogP contribution in [0.3, 0.4) is 0 Å². The summed E-state index contributed by atoms with van der Waals surface area (Å²) in [5.41, 5.74) is 1.17. The number of nitriles is 1. The molecule has 0 bridgehead atoms. The van der Waals surface area contributed by atoms with Crippen LogP contribution in [-0.2, 0) is 0 Å². The van der Waals surface area contributed by atoms with Crippen LogP contribution in [0.4, 0.5) is 0 Å². The highest BCUT2D eigenvalue weighted by molar-refractivity contribution is 5.52. The lowest BCUT2D eigenvalue weighted by atomic mass is 10.1. The summed E-state index contributed by atoms with van der Waals surface area (Å²) in [4.78, 5) is 0. The number of rotatable bonds is 0. The third kappa shape index (κ3) is 1.52. The minimum atomic E-state index is -0.869. The Morgan fingerprint density at radius 1 is 1.27 bits per heavy atom. The summed E-state index contributed by atoms with van der Waals surface area (Å²) in [5.74, 6) is 1.47. The molecule has 0 radical (unpaired) electrons. The highest BCUT2D eigenvalue weighted by Gasteiger charge is 2.34. The van der Waals surface area contributed by atoms with Crippen molar-refractivity contribution in [3.63, 3.8) is 0 Å². The Balaban J connectivity index is 2.51. The van der Waals surface area contributed by atoms with Crippen molar-refractivity contribution >= 4 is 0 Å². The average Bonchev–Trinajstić information content (AvgIpc) is 2.24. The minimum Gasteiger partial charge on any atom is -0.484 e. The molecule has 3 heteroatoms. The number of benzene rings is 1. The molecule has 0 N–H and O–H groups in total. The van der Waals surface area contributed by atoms with Crippen molar-refractivity contribution in [2.45, 2.75) is 26.4 Å². The van der Waals surface area contributed by atoms with Gasteiger partial charge < -0.3 is 9.47 Å². The summed E-state index contributed by atoms with van der Waals surface area (Å²) in [6, 6.07) is 6.09. The number of hydrogen-bond acceptors (Lipinski definition) is 3. The first kappa shape index (κ1) is 9.85. The van der Waals surface area contributed by atoms with Crippen LogP contribution in [0.1, 0.15) is 18.1 Å². The lowest BCUT2D eigenvalue weighted by molar-refractivity contribution is 0.0489. The summed E-state index contributed by atoms with van der Waals surface area (Å²) >= 11 is 0. The van der Waals surface area contributed by atoms with Gasteiger partial charge in [-0.3, -0.25) is 0 Å². The third-order valence-corrected chi connectivity index (χ3v) is 2.56. The fourth-order valence-corrected chi connectivity index (χ4v) is 1.59. The van der Waals surface area contributed by atoms with E-state index in [0.29, 0.717) is 5.75 Å². The predicted molar refractivity (Wildman–Crippen MR) is 56.1 cm³/mol. The Kier molecular flexibility index (Phi) is 2.08. The summed E-state index contributed by atoms with van der Waals surface area (Å²) in [6.45, 7) is 5.93. The molecule has 1 aliphatic heterocycles. The van der Waals surface area contributed by atoms with Crippen LogP contribution < -0.4 is 9.47 Å². The van der Waals surface area contributed by atoms with Crippen LogP contribution in [0.15, 0.2) is 12.1 Å². The van der Waals surface area contributed by atoms with Gasteiger partial charge in [0.15, 0.2) is 11.5 Å². The maximum atomic E-state index is 8.98. The van der Waals surface area contributed by atoms with Gasteiger partial charge in [-0.05, 0) is 31.9 Å². The molecule has 15 heavy (non-hydrogen) atoms. The van der Waals surface area contributed by atoms with Crippen molar-refractivity contribution in [1.29, 1.82) is 5.26 Å². The zero-order valence-electron chi connectivity index (χ0n) is 9.13.